The monoisotopic (exact) mass is 492 g/mol. The molecule has 0 bridgehead atoms. The van der Waals surface area contributed by atoms with Crippen LogP contribution in [0.4, 0.5) is 0 Å². The lowest BCUT2D eigenvalue weighted by atomic mass is 9.88. The molecule has 0 radical (unpaired) electrons. The molecule has 0 spiro atoms. The van der Waals surface area contributed by atoms with E-state index < -0.39 is 6.04 Å². The average Bonchev–Trinajstić information content (AvgIpc) is 3.42. The van der Waals surface area contributed by atoms with Crippen molar-refractivity contribution < 1.29 is 14.6 Å². The minimum Gasteiger partial charge on any atom is -0.396 e. The Labute approximate surface area is 212 Å². The predicted octanol–water partition coefficient (Wildman–Crippen LogP) is 1.45. The van der Waals surface area contributed by atoms with Crippen LogP contribution in [0.1, 0.15) is 29.3 Å². The van der Waals surface area contributed by atoms with Crippen LogP contribution in [0.15, 0.2) is 47.3 Å². The molecular weight excluding hydrogens is 456 g/mol. The van der Waals surface area contributed by atoms with Crippen LogP contribution in [-0.4, -0.2) is 84.5 Å². The summed E-state index contributed by atoms with van der Waals surface area (Å²) in [7, 11) is 1.94. The number of aromatic nitrogens is 1. The maximum absolute atomic E-state index is 13.3. The summed E-state index contributed by atoms with van der Waals surface area (Å²) in [4.78, 5) is 30.9. The molecule has 2 aromatic rings. The van der Waals surface area contributed by atoms with Crippen molar-refractivity contribution in [1.29, 1.82) is 0 Å². The zero-order valence-corrected chi connectivity index (χ0v) is 20.9. The number of likely N-dealkylation sites (tertiary alicyclic amines) is 1. The van der Waals surface area contributed by atoms with E-state index in [9.17, 15) is 14.7 Å². The van der Waals surface area contributed by atoms with Crippen molar-refractivity contribution in [2.24, 2.45) is 11.8 Å². The number of aliphatic hydroxyl groups is 1. The van der Waals surface area contributed by atoms with Gasteiger partial charge in [0.25, 0.3) is 5.56 Å². The molecule has 4 atom stereocenters. The molecule has 1 aromatic carbocycles. The van der Waals surface area contributed by atoms with E-state index in [2.05, 4.69) is 15.1 Å². The van der Waals surface area contributed by atoms with Crippen LogP contribution in [0.25, 0.3) is 12.2 Å². The fourth-order valence-corrected chi connectivity index (χ4v) is 6.11. The topological polar surface area (TPSA) is 87.0 Å². The van der Waals surface area contributed by atoms with Gasteiger partial charge in [-0.2, -0.15) is 0 Å². The quantitative estimate of drug-likeness (QED) is 0.543. The number of amides is 1. The molecule has 2 N–H and O–H groups in total. The Bertz CT molecular complexity index is 1140. The van der Waals surface area contributed by atoms with E-state index in [1.807, 2.05) is 66.2 Å². The van der Waals surface area contributed by atoms with E-state index in [-0.39, 0.29) is 36.0 Å². The zero-order chi connectivity index (χ0) is 25.1. The Morgan fingerprint density at radius 1 is 1.14 bits per heavy atom. The summed E-state index contributed by atoms with van der Waals surface area (Å²) in [6.07, 6.45) is 4.69. The first-order valence-electron chi connectivity index (χ1n) is 13.0. The molecule has 192 valence electrons. The van der Waals surface area contributed by atoms with E-state index in [0.717, 1.165) is 50.5 Å². The number of nitrogens with one attached hydrogen (secondary N) is 1. The first-order valence-corrected chi connectivity index (χ1v) is 13.0. The van der Waals surface area contributed by atoms with Crippen molar-refractivity contribution in [3.05, 3.63) is 69.6 Å². The predicted molar refractivity (Wildman–Crippen MR) is 139 cm³/mol. The molecule has 4 heterocycles. The number of hydrogen-bond acceptors (Lipinski definition) is 6. The lowest BCUT2D eigenvalue weighted by Crippen LogP contribution is -2.47. The van der Waals surface area contributed by atoms with Gasteiger partial charge < -0.3 is 19.7 Å². The highest BCUT2D eigenvalue weighted by Gasteiger charge is 2.54. The molecule has 1 aromatic heterocycles. The number of aliphatic hydroxyl groups excluding tert-OH is 1. The number of rotatable bonds is 8. The Morgan fingerprint density at radius 3 is 2.67 bits per heavy atom. The fraction of sp³-hybridized carbons (Fsp3) is 0.500. The highest BCUT2D eigenvalue weighted by atomic mass is 16.5. The largest absolute Gasteiger partial charge is 0.396 e. The Balaban J connectivity index is 1.26. The minimum absolute atomic E-state index is 0.0187. The van der Waals surface area contributed by atoms with E-state index in [4.69, 9.17) is 4.74 Å². The number of likely N-dealkylation sites (N-methyl/N-ethyl adjacent to an activating group) is 1. The van der Waals surface area contributed by atoms with Gasteiger partial charge >= 0.3 is 0 Å². The number of nitrogens with zero attached hydrogens (tertiary/aromatic N) is 3. The van der Waals surface area contributed by atoms with Crippen LogP contribution in [-0.2, 0) is 16.1 Å². The molecule has 2 saturated heterocycles. The van der Waals surface area contributed by atoms with Crippen LogP contribution in [0.3, 0.4) is 0 Å². The third-order valence-electron chi connectivity index (χ3n) is 7.96. The maximum atomic E-state index is 13.3. The van der Waals surface area contributed by atoms with E-state index in [1.54, 1.807) is 0 Å². The molecule has 0 saturated carbocycles. The van der Waals surface area contributed by atoms with Crippen molar-refractivity contribution in [2.75, 3.05) is 53.0 Å². The van der Waals surface area contributed by atoms with Gasteiger partial charge in [0, 0.05) is 55.9 Å². The van der Waals surface area contributed by atoms with Crippen molar-refractivity contribution in [3.63, 3.8) is 0 Å². The number of carbonyl (C=O) groups is 1. The van der Waals surface area contributed by atoms with Crippen LogP contribution in [0.2, 0.25) is 0 Å². The van der Waals surface area contributed by atoms with Crippen LogP contribution in [0, 0.1) is 11.8 Å². The molecule has 3 aliphatic heterocycles. The van der Waals surface area contributed by atoms with Crippen molar-refractivity contribution in [2.45, 2.75) is 25.0 Å². The lowest BCUT2D eigenvalue weighted by molar-refractivity contribution is -0.127. The van der Waals surface area contributed by atoms with Crippen molar-refractivity contribution in [3.8, 4) is 0 Å². The smallest absolute Gasteiger partial charge is 0.258 e. The number of carbonyl (C=O) groups excluding carboxylic acids is 1. The van der Waals surface area contributed by atoms with Crippen LogP contribution in [0.5, 0.6) is 0 Å². The summed E-state index contributed by atoms with van der Waals surface area (Å²) in [6, 6.07) is 13.3. The molecule has 8 nitrogen and oxygen atoms in total. The summed E-state index contributed by atoms with van der Waals surface area (Å²) in [6.45, 7) is 5.42. The Hall–Kier alpha value is -2.78. The van der Waals surface area contributed by atoms with Gasteiger partial charge in [0.15, 0.2) is 0 Å². The second-order valence-electron chi connectivity index (χ2n) is 10.0. The van der Waals surface area contributed by atoms with Crippen molar-refractivity contribution in [1.82, 2.24) is 19.7 Å². The van der Waals surface area contributed by atoms with Gasteiger partial charge in [-0.25, -0.2) is 0 Å². The Kier molecular flexibility index (Phi) is 7.67. The number of morpholine rings is 1. The van der Waals surface area contributed by atoms with Crippen LogP contribution >= 0.6 is 0 Å². The number of pyridine rings is 1. The number of benzene rings is 1. The highest BCUT2D eigenvalue weighted by Crippen LogP contribution is 2.48. The molecule has 3 aliphatic rings. The molecule has 5 rings (SSSR count). The van der Waals surface area contributed by atoms with Gasteiger partial charge in [-0.3, -0.25) is 19.4 Å². The lowest BCUT2D eigenvalue weighted by Gasteiger charge is -2.28. The summed E-state index contributed by atoms with van der Waals surface area (Å²) in [5, 5.41) is 13.4. The summed E-state index contributed by atoms with van der Waals surface area (Å²) < 4.78 is 7.22. The van der Waals surface area contributed by atoms with E-state index in [1.165, 1.54) is 0 Å². The van der Waals surface area contributed by atoms with Crippen molar-refractivity contribution >= 4 is 18.1 Å². The molecule has 0 aliphatic carbocycles. The fourth-order valence-electron chi connectivity index (χ4n) is 6.11. The van der Waals surface area contributed by atoms with Crippen LogP contribution < -0.4 is 10.9 Å². The standard InChI is InChI=1S/C28H36N4O4/c1-30-25-22(23(19-33)26(30)27(34)29-12-5-13-31-14-16-36-17-15-31)18-32-24(25)11-10-21(28(32)35)9-8-20-6-3-2-4-7-20/h2-4,6-11,22-23,25-26,33H,5,12-19H2,1H3,(H,29,34)/b9-8+/t22-,23-,25+,26-/m1/s1. The molecule has 36 heavy (non-hydrogen) atoms. The van der Waals surface area contributed by atoms with E-state index >= 15 is 0 Å². The summed E-state index contributed by atoms with van der Waals surface area (Å²) in [5.74, 6) is -0.240. The average molecular weight is 493 g/mol. The molecule has 8 heteroatoms. The first kappa shape index (κ1) is 24.9. The van der Waals surface area contributed by atoms with Gasteiger partial charge in [0.05, 0.1) is 25.3 Å². The van der Waals surface area contributed by atoms with Gasteiger partial charge in [0.2, 0.25) is 5.91 Å². The number of fused-ring (bicyclic) bond motifs is 3. The normalized spacial score (nSPS) is 26.3. The Morgan fingerprint density at radius 2 is 1.92 bits per heavy atom. The third kappa shape index (κ3) is 4.91. The highest BCUT2D eigenvalue weighted by molar-refractivity contribution is 5.82. The molecular formula is C28H36N4O4. The molecule has 0 unspecified atom stereocenters. The second-order valence-corrected chi connectivity index (χ2v) is 10.0. The SMILES string of the molecule is CN1[C@@H]2c3ccc(/C=C/c4ccccc4)c(=O)n3C[C@@H]2[C@@H](CO)[C@@H]1C(=O)NCCCN1CCOCC1. The maximum Gasteiger partial charge on any atom is 0.258 e. The zero-order valence-electron chi connectivity index (χ0n) is 20.9. The number of ether oxygens (including phenoxy) is 1. The van der Waals surface area contributed by atoms with Gasteiger partial charge in [-0.05, 0) is 43.8 Å². The second kappa shape index (κ2) is 11.1. The summed E-state index contributed by atoms with van der Waals surface area (Å²) >= 11 is 0. The van der Waals surface area contributed by atoms with E-state index in [0.29, 0.717) is 18.7 Å². The van der Waals surface area contributed by atoms with Gasteiger partial charge in [-0.15, -0.1) is 0 Å². The van der Waals surface area contributed by atoms with Gasteiger partial charge in [-0.1, -0.05) is 36.4 Å². The minimum atomic E-state index is -0.408. The first-order chi connectivity index (χ1) is 17.6. The third-order valence-corrected chi connectivity index (χ3v) is 7.96. The molecule has 2 fully saturated rings. The summed E-state index contributed by atoms with van der Waals surface area (Å²) in [5.41, 5.74) is 2.58. The molecule has 1 amide bonds. The number of hydrogen-bond donors (Lipinski definition) is 2. The van der Waals surface area contributed by atoms with Gasteiger partial charge in [0.1, 0.15) is 0 Å².